The molecule has 0 spiro atoms. The molecule has 0 fully saturated rings. The first-order valence-corrected chi connectivity index (χ1v) is 15.4. The number of para-hydroxylation sites is 2. The summed E-state index contributed by atoms with van der Waals surface area (Å²) < 4.78 is 8.89. The van der Waals surface area contributed by atoms with Crippen molar-refractivity contribution in [2.24, 2.45) is 0 Å². The molecule has 0 aliphatic heterocycles. The third-order valence-corrected chi connectivity index (χ3v) is 8.70. The molecule has 0 aliphatic carbocycles. The normalized spacial score (nSPS) is 11.5. The minimum atomic E-state index is 0.601. The van der Waals surface area contributed by atoms with E-state index >= 15 is 0 Å². The van der Waals surface area contributed by atoms with Crippen LogP contribution in [0.2, 0.25) is 0 Å². The van der Waals surface area contributed by atoms with E-state index in [4.69, 9.17) is 9.40 Å². The molecule has 3 heterocycles. The van der Waals surface area contributed by atoms with E-state index in [-0.39, 0.29) is 0 Å². The van der Waals surface area contributed by atoms with Gasteiger partial charge in [0.25, 0.3) is 0 Å². The van der Waals surface area contributed by atoms with E-state index in [0.717, 1.165) is 55.8 Å². The number of rotatable bonds is 5. The highest BCUT2D eigenvalue weighted by atomic mass is 16.3. The lowest BCUT2D eigenvalue weighted by atomic mass is 10.00. The second kappa shape index (κ2) is 10.7. The molecule has 9 aromatic rings. The molecular weight excluding hydrogens is 562 g/mol. The van der Waals surface area contributed by atoms with Crippen LogP contribution in [0.5, 0.6) is 0 Å². The molecule has 0 aliphatic rings. The predicted octanol–water partition coefficient (Wildman–Crippen LogP) is 11.0. The summed E-state index contributed by atoms with van der Waals surface area (Å²) in [6.07, 6.45) is 1.83. The van der Waals surface area contributed by atoms with Crippen molar-refractivity contribution in [3.05, 3.63) is 164 Å². The highest BCUT2D eigenvalue weighted by molar-refractivity contribution is 6.10. The van der Waals surface area contributed by atoms with Crippen LogP contribution in [0.25, 0.3) is 83.6 Å². The van der Waals surface area contributed by atoms with E-state index in [2.05, 4.69) is 131 Å². The molecule has 9 rings (SSSR count). The Kier molecular flexibility index (Phi) is 6.10. The SMILES string of the molecule is c1ccc(-c2ccc(-c3cccc4nc(-c5ccc6c7ccccc7n(-c7cccc(-c8ccccn8)c7)c6c5)oc34)cc2)cc1. The first kappa shape index (κ1) is 26.2. The molecule has 0 N–H and O–H groups in total. The van der Waals surface area contributed by atoms with Gasteiger partial charge in [0, 0.05) is 39.3 Å². The molecule has 0 atom stereocenters. The molecular formula is C42H27N3O. The van der Waals surface area contributed by atoms with E-state index in [1.807, 2.05) is 42.6 Å². The number of nitrogens with zero attached hydrogens (tertiary/aromatic N) is 3. The van der Waals surface area contributed by atoms with Gasteiger partial charge in [0.15, 0.2) is 5.58 Å². The Hall–Kier alpha value is -6.26. The van der Waals surface area contributed by atoms with Gasteiger partial charge in [0.05, 0.1) is 16.7 Å². The lowest BCUT2D eigenvalue weighted by Gasteiger charge is -2.10. The second-order valence-corrected chi connectivity index (χ2v) is 11.5. The summed E-state index contributed by atoms with van der Waals surface area (Å²) in [5, 5.41) is 2.38. The van der Waals surface area contributed by atoms with Crippen LogP contribution in [0, 0.1) is 0 Å². The first-order valence-electron chi connectivity index (χ1n) is 15.4. The lowest BCUT2D eigenvalue weighted by molar-refractivity contribution is 0.621. The van der Waals surface area contributed by atoms with Gasteiger partial charge in [0.2, 0.25) is 5.89 Å². The Morgan fingerprint density at radius 1 is 0.478 bits per heavy atom. The second-order valence-electron chi connectivity index (χ2n) is 11.5. The molecule has 3 aromatic heterocycles. The van der Waals surface area contributed by atoms with E-state index in [1.165, 1.54) is 21.9 Å². The van der Waals surface area contributed by atoms with Gasteiger partial charge in [-0.3, -0.25) is 4.98 Å². The summed E-state index contributed by atoms with van der Waals surface area (Å²) in [6.45, 7) is 0. The Morgan fingerprint density at radius 2 is 1.20 bits per heavy atom. The summed E-state index contributed by atoms with van der Waals surface area (Å²) in [5.74, 6) is 0.601. The van der Waals surface area contributed by atoms with Gasteiger partial charge in [-0.2, -0.15) is 0 Å². The Morgan fingerprint density at radius 3 is 2.07 bits per heavy atom. The number of benzene rings is 6. The van der Waals surface area contributed by atoms with Crippen molar-refractivity contribution in [1.82, 2.24) is 14.5 Å². The number of hydrogen-bond acceptors (Lipinski definition) is 3. The fourth-order valence-electron chi connectivity index (χ4n) is 6.49. The number of fused-ring (bicyclic) bond motifs is 4. The summed E-state index contributed by atoms with van der Waals surface area (Å²) in [6, 6.07) is 54.9. The van der Waals surface area contributed by atoms with Gasteiger partial charge in [-0.15, -0.1) is 0 Å². The van der Waals surface area contributed by atoms with Crippen molar-refractivity contribution >= 4 is 32.9 Å². The average Bonchev–Trinajstić information content (AvgIpc) is 3.72. The average molecular weight is 590 g/mol. The van der Waals surface area contributed by atoms with Gasteiger partial charge in [0.1, 0.15) is 5.52 Å². The number of oxazole rings is 1. The van der Waals surface area contributed by atoms with E-state index in [9.17, 15) is 0 Å². The van der Waals surface area contributed by atoms with Crippen LogP contribution in [-0.4, -0.2) is 14.5 Å². The van der Waals surface area contributed by atoms with E-state index < -0.39 is 0 Å². The van der Waals surface area contributed by atoms with Crippen LogP contribution in [0.1, 0.15) is 0 Å². The zero-order valence-corrected chi connectivity index (χ0v) is 24.8. The summed E-state index contributed by atoms with van der Waals surface area (Å²) in [5.41, 5.74) is 12.4. The van der Waals surface area contributed by atoms with Crippen LogP contribution < -0.4 is 0 Å². The molecule has 0 saturated carbocycles. The third-order valence-electron chi connectivity index (χ3n) is 8.70. The van der Waals surface area contributed by atoms with E-state index in [1.54, 1.807) is 0 Å². The molecule has 0 bridgehead atoms. The van der Waals surface area contributed by atoms with Crippen LogP contribution in [0.4, 0.5) is 0 Å². The number of pyridine rings is 1. The topological polar surface area (TPSA) is 43.9 Å². The minimum absolute atomic E-state index is 0.601. The minimum Gasteiger partial charge on any atom is -0.435 e. The fourth-order valence-corrected chi connectivity index (χ4v) is 6.49. The number of hydrogen-bond donors (Lipinski definition) is 0. The van der Waals surface area contributed by atoms with Gasteiger partial charge >= 0.3 is 0 Å². The molecule has 0 radical (unpaired) electrons. The highest BCUT2D eigenvalue weighted by Gasteiger charge is 2.17. The Bertz CT molecular complexity index is 2510. The van der Waals surface area contributed by atoms with Crippen LogP contribution in [-0.2, 0) is 0 Å². The van der Waals surface area contributed by atoms with Crippen molar-refractivity contribution in [1.29, 1.82) is 0 Å². The molecule has 6 aromatic carbocycles. The van der Waals surface area contributed by atoms with Crippen LogP contribution in [0.3, 0.4) is 0 Å². The summed E-state index contributed by atoms with van der Waals surface area (Å²) in [7, 11) is 0. The van der Waals surface area contributed by atoms with Crippen molar-refractivity contribution in [3.8, 4) is 50.7 Å². The molecule has 0 amide bonds. The smallest absolute Gasteiger partial charge is 0.227 e. The maximum atomic E-state index is 6.57. The molecule has 0 saturated heterocycles. The zero-order chi connectivity index (χ0) is 30.5. The third kappa shape index (κ3) is 4.39. The van der Waals surface area contributed by atoms with Crippen molar-refractivity contribution in [2.75, 3.05) is 0 Å². The molecule has 0 unspecified atom stereocenters. The monoisotopic (exact) mass is 589 g/mol. The van der Waals surface area contributed by atoms with Crippen LogP contribution in [0.15, 0.2) is 168 Å². The molecule has 4 heteroatoms. The maximum absolute atomic E-state index is 6.57. The Labute approximate surface area is 265 Å². The summed E-state index contributed by atoms with van der Waals surface area (Å²) in [4.78, 5) is 9.55. The number of aromatic nitrogens is 3. The van der Waals surface area contributed by atoms with Gasteiger partial charge in [-0.1, -0.05) is 109 Å². The lowest BCUT2D eigenvalue weighted by Crippen LogP contribution is -1.95. The summed E-state index contributed by atoms with van der Waals surface area (Å²) >= 11 is 0. The predicted molar refractivity (Wildman–Crippen MR) is 188 cm³/mol. The van der Waals surface area contributed by atoms with Gasteiger partial charge in [-0.25, -0.2) is 4.98 Å². The van der Waals surface area contributed by atoms with Crippen molar-refractivity contribution in [3.63, 3.8) is 0 Å². The highest BCUT2D eigenvalue weighted by Crippen LogP contribution is 2.38. The molecule has 216 valence electrons. The largest absolute Gasteiger partial charge is 0.435 e. The van der Waals surface area contributed by atoms with Crippen molar-refractivity contribution < 1.29 is 4.42 Å². The van der Waals surface area contributed by atoms with E-state index in [0.29, 0.717) is 5.89 Å². The van der Waals surface area contributed by atoms with Gasteiger partial charge in [-0.05, 0) is 65.2 Å². The zero-order valence-electron chi connectivity index (χ0n) is 24.8. The first-order chi connectivity index (χ1) is 22.8. The fraction of sp³-hybridized carbons (Fsp3) is 0. The quantitative estimate of drug-likeness (QED) is 0.201. The van der Waals surface area contributed by atoms with Gasteiger partial charge < -0.3 is 8.98 Å². The standard InChI is InChI=1S/C42H27N3O/c1-2-10-28(11-3-1)29-19-21-30(22-20-29)34-15-9-17-38-41(34)46-42(44-38)32-23-24-36-35-14-4-5-18-39(35)45(40(36)27-32)33-13-8-12-31(26-33)37-16-6-7-25-43-37/h1-27H. The maximum Gasteiger partial charge on any atom is 0.227 e. The van der Waals surface area contributed by atoms with Crippen LogP contribution >= 0.6 is 0 Å². The van der Waals surface area contributed by atoms with Crippen molar-refractivity contribution in [2.45, 2.75) is 0 Å². The molecule has 46 heavy (non-hydrogen) atoms. The Balaban J connectivity index is 1.16. The molecule has 4 nitrogen and oxygen atoms in total.